The minimum atomic E-state index is -0.565. The van der Waals surface area contributed by atoms with Crippen molar-refractivity contribution in [1.29, 1.82) is 0 Å². The molecule has 0 aromatic heterocycles. The van der Waals surface area contributed by atoms with Gasteiger partial charge in [-0.05, 0) is 25.3 Å². The highest BCUT2D eigenvalue weighted by Crippen LogP contribution is 2.28. The van der Waals surface area contributed by atoms with Crippen LogP contribution < -0.4 is 10.6 Å². The molecule has 0 saturated heterocycles. The first-order chi connectivity index (χ1) is 10.3. The number of rotatable bonds is 6. The highest BCUT2D eigenvalue weighted by Gasteiger charge is 2.29. The molecule has 1 unspecified atom stereocenters. The van der Waals surface area contributed by atoms with Crippen LogP contribution in [-0.2, 0) is 9.59 Å². The number of amides is 2. The number of nitrogens with zero attached hydrogens (tertiary/aromatic N) is 3. The Hall–Kier alpha value is -2.31. The van der Waals surface area contributed by atoms with Crippen LogP contribution in [0.15, 0.2) is 38.8 Å². The lowest BCUT2D eigenvalue weighted by Gasteiger charge is -2.19. The SMILES string of the molecule is O=C(NCCCNC1=C2C=CC=NC2C(=O)N=N1)C1CC1. The van der Waals surface area contributed by atoms with E-state index in [1.165, 1.54) is 0 Å². The predicted octanol–water partition coefficient (Wildman–Crippen LogP) is 0.706. The van der Waals surface area contributed by atoms with Gasteiger partial charge in [0.1, 0.15) is 0 Å². The number of allylic oxidation sites excluding steroid dienone is 1. The standard InChI is InChI=1S/C14H17N5O2/c20-13(9-4-5-9)17-8-2-7-16-12-10-3-1-6-15-11(10)14(21)19-18-12/h1,3,6,9,11,16H,2,4-5,7-8H2,(H,17,20). The molecule has 2 N–H and O–H groups in total. The number of nitrogens with one attached hydrogen (secondary N) is 2. The van der Waals surface area contributed by atoms with E-state index >= 15 is 0 Å². The Labute approximate surface area is 122 Å². The number of hydrogen-bond donors (Lipinski definition) is 2. The Morgan fingerprint density at radius 3 is 2.95 bits per heavy atom. The summed E-state index contributed by atoms with van der Waals surface area (Å²) < 4.78 is 0. The summed E-state index contributed by atoms with van der Waals surface area (Å²) in [5, 5.41) is 13.6. The van der Waals surface area contributed by atoms with Crippen molar-refractivity contribution in [2.75, 3.05) is 13.1 Å². The van der Waals surface area contributed by atoms with E-state index in [9.17, 15) is 9.59 Å². The first kappa shape index (κ1) is 13.7. The molecule has 0 aromatic rings. The summed E-state index contributed by atoms with van der Waals surface area (Å²) in [7, 11) is 0. The van der Waals surface area contributed by atoms with E-state index in [-0.39, 0.29) is 17.7 Å². The number of azo groups is 1. The molecule has 0 spiro atoms. The number of fused-ring (bicyclic) bond motifs is 1. The topological polar surface area (TPSA) is 95.3 Å². The van der Waals surface area contributed by atoms with E-state index in [4.69, 9.17) is 0 Å². The van der Waals surface area contributed by atoms with E-state index < -0.39 is 6.04 Å². The quantitative estimate of drug-likeness (QED) is 0.704. The maximum absolute atomic E-state index is 11.6. The minimum absolute atomic E-state index is 0.157. The molecule has 2 amide bonds. The fraction of sp³-hybridized carbons (Fsp3) is 0.500. The molecule has 1 saturated carbocycles. The Kier molecular flexibility index (Phi) is 3.89. The molecule has 2 aliphatic heterocycles. The number of hydrogen-bond acceptors (Lipinski definition) is 5. The largest absolute Gasteiger partial charge is 0.368 e. The zero-order valence-electron chi connectivity index (χ0n) is 11.6. The second-order valence-corrected chi connectivity index (χ2v) is 5.25. The van der Waals surface area contributed by atoms with Gasteiger partial charge in [0, 0.05) is 30.8 Å². The number of dihydropyridines is 1. The third-order valence-corrected chi connectivity index (χ3v) is 3.54. The Balaban J connectivity index is 1.47. The molecule has 0 radical (unpaired) electrons. The summed E-state index contributed by atoms with van der Waals surface area (Å²) in [4.78, 5) is 27.1. The van der Waals surface area contributed by atoms with Crippen LogP contribution in [0, 0.1) is 5.92 Å². The van der Waals surface area contributed by atoms with Gasteiger partial charge in [-0.2, -0.15) is 0 Å². The van der Waals surface area contributed by atoms with Gasteiger partial charge in [0.25, 0.3) is 5.91 Å². The van der Waals surface area contributed by atoms with Crippen molar-refractivity contribution in [3.8, 4) is 0 Å². The van der Waals surface area contributed by atoms with Gasteiger partial charge in [-0.15, -0.1) is 10.2 Å². The van der Waals surface area contributed by atoms with Gasteiger partial charge in [0.05, 0.1) is 0 Å². The van der Waals surface area contributed by atoms with Gasteiger partial charge >= 0.3 is 0 Å². The number of aliphatic imine (C=N–C) groups is 1. The normalized spacial score (nSPS) is 23.2. The summed E-state index contributed by atoms with van der Waals surface area (Å²) >= 11 is 0. The lowest BCUT2D eigenvalue weighted by molar-refractivity contribution is -0.122. The molecule has 3 rings (SSSR count). The monoisotopic (exact) mass is 287 g/mol. The Morgan fingerprint density at radius 2 is 2.14 bits per heavy atom. The molecule has 0 bridgehead atoms. The van der Waals surface area contributed by atoms with Crippen molar-refractivity contribution in [2.24, 2.45) is 21.1 Å². The summed E-state index contributed by atoms with van der Waals surface area (Å²) in [6, 6.07) is -0.565. The van der Waals surface area contributed by atoms with Crippen LogP contribution in [0.1, 0.15) is 19.3 Å². The molecular formula is C14H17N5O2. The van der Waals surface area contributed by atoms with Crippen LogP contribution in [0.4, 0.5) is 0 Å². The third kappa shape index (κ3) is 3.24. The van der Waals surface area contributed by atoms with E-state index in [1.807, 2.05) is 6.08 Å². The Morgan fingerprint density at radius 1 is 1.29 bits per heavy atom. The van der Waals surface area contributed by atoms with Crippen LogP contribution in [-0.4, -0.2) is 37.2 Å². The van der Waals surface area contributed by atoms with E-state index in [0.717, 1.165) is 24.8 Å². The molecule has 0 aromatic carbocycles. The third-order valence-electron chi connectivity index (χ3n) is 3.54. The van der Waals surface area contributed by atoms with Crippen molar-refractivity contribution >= 4 is 18.0 Å². The molecule has 2 heterocycles. The van der Waals surface area contributed by atoms with Crippen molar-refractivity contribution in [1.82, 2.24) is 10.6 Å². The molecule has 21 heavy (non-hydrogen) atoms. The molecule has 3 aliphatic rings. The molecule has 110 valence electrons. The molecule has 7 nitrogen and oxygen atoms in total. The van der Waals surface area contributed by atoms with Crippen molar-refractivity contribution in [3.05, 3.63) is 23.5 Å². The maximum atomic E-state index is 11.6. The number of carbonyl (C=O) groups is 2. The lowest BCUT2D eigenvalue weighted by Crippen LogP contribution is -2.30. The van der Waals surface area contributed by atoms with Gasteiger partial charge in [0.2, 0.25) is 5.91 Å². The Bertz CT molecular complexity index is 572. The fourth-order valence-corrected chi connectivity index (χ4v) is 2.20. The zero-order chi connectivity index (χ0) is 14.7. The first-order valence-corrected chi connectivity index (χ1v) is 7.17. The second-order valence-electron chi connectivity index (χ2n) is 5.25. The molecular weight excluding hydrogens is 270 g/mol. The molecule has 1 aliphatic carbocycles. The highest BCUT2D eigenvalue weighted by atomic mass is 16.2. The van der Waals surface area contributed by atoms with Gasteiger partial charge in [0.15, 0.2) is 11.9 Å². The summed E-state index contributed by atoms with van der Waals surface area (Å²) in [5.74, 6) is 0.644. The average Bonchev–Trinajstić information content (AvgIpc) is 3.34. The lowest BCUT2D eigenvalue weighted by atomic mass is 10.0. The van der Waals surface area contributed by atoms with Crippen LogP contribution in [0.3, 0.4) is 0 Å². The van der Waals surface area contributed by atoms with Crippen LogP contribution in [0.25, 0.3) is 0 Å². The van der Waals surface area contributed by atoms with Crippen molar-refractivity contribution in [3.63, 3.8) is 0 Å². The van der Waals surface area contributed by atoms with Gasteiger partial charge in [-0.1, -0.05) is 6.08 Å². The number of carbonyl (C=O) groups excluding carboxylic acids is 2. The fourth-order valence-electron chi connectivity index (χ4n) is 2.20. The summed E-state index contributed by atoms with van der Waals surface area (Å²) in [6.07, 6.45) is 8.02. The van der Waals surface area contributed by atoms with Gasteiger partial charge in [-0.25, -0.2) is 0 Å². The smallest absolute Gasteiger partial charge is 0.293 e. The average molecular weight is 287 g/mol. The molecule has 7 heteroatoms. The second kappa shape index (κ2) is 5.99. The van der Waals surface area contributed by atoms with Crippen molar-refractivity contribution < 1.29 is 9.59 Å². The van der Waals surface area contributed by atoms with Crippen LogP contribution in [0.5, 0.6) is 0 Å². The molecule has 1 atom stereocenters. The highest BCUT2D eigenvalue weighted by molar-refractivity contribution is 5.91. The first-order valence-electron chi connectivity index (χ1n) is 7.17. The van der Waals surface area contributed by atoms with E-state index in [0.29, 0.717) is 18.9 Å². The van der Waals surface area contributed by atoms with Crippen LogP contribution in [0.2, 0.25) is 0 Å². The van der Waals surface area contributed by atoms with E-state index in [2.05, 4.69) is 25.9 Å². The predicted molar refractivity (Wildman–Crippen MR) is 76.7 cm³/mol. The van der Waals surface area contributed by atoms with Crippen LogP contribution >= 0.6 is 0 Å². The van der Waals surface area contributed by atoms with Gasteiger partial charge < -0.3 is 10.6 Å². The maximum Gasteiger partial charge on any atom is 0.293 e. The molecule has 1 fully saturated rings. The zero-order valence-corrected chi connectivity index (χ0v) is 11.6. The summed E-state index contributed by atoms with van der Waals surface area (Å²) in [5.41, 5.74) is 0.750. The van der Waals surface area contributed by atoms with Gasteiger partial charge in [-0.3, -0.25) is 14.6 Å². The van der Waals surface area contributed by atoms with E-state index in [1.54, 1.807) is 12.3 Å². The van der Waals surface area contributed by atoms with Crippen molar-refractivity contribution in [2.45, 2.75) is 25.3 Å². The summed E-state index contributed by atoms with van der Waals surface area (Å²) in [6.45, 7) is 1.29. The minimum Gasteiger partial charge on any atom is -0.368 e.